The number of H-pyrrole nitrogens is 1. The highest BCUT2D eigenvalue weighted by Gasteiger charge is 2.10. The standard InChI is InChI=1S/C21H25FN6O.HI/c1-4-23-21(28(2)13-16-8-9-19(29-3)18(22)11-16)24-12-15-6-5-7-17(10-15)20-25-14-26-27-20;/h5-11,14H,4,12-13H2,1-3H3,(H,23,24)(H,25,26,27);1H. The van der Waals surface area contributed by atoms with E-state index in [2.05, 4.69) is 20.5 Å². The Morgan fingerprint density at radius 2 is 2.07 bits per heavy atom. The number of rotatable bonds is 7. The lowest BCUT2D eigenvalue weighted by atomic mass is 10.1. The number of nitrogens with one attached hydrogen (secondary N) is 2. The van der Waals surface area contributed by atoms with Gasteiger partial charge in [0.15, 0.2) is 23.4 Å². The minimum Gasteiger partial charge on any atom is -0.494 e. The molecule has 1 aromatic heterocycles. The predicted octanol–water partition coefficient (Wildman–Crippen LogP) is 3.83. The first kappa shape index (κ1) is 23.6. The summed E-state index contributed by atoms with van der Waals surface area (Å²) in [6, 6.07) is 13.0. The number of aliphatic imine (C=N–C) groups is 1. The third kappa shape index (κ3) is 6.15. The van der Waals surface area contributed by atoms with Gasteiger partial charge in [-0.05, 0) is 36.2 Å². The van der Waals surface area contributed by atoms with Gasteiger partial charge in [0.1, 0.15) is 6.33 Å². The van der Waals surface area contributed by atoms with Crippen molar-refractivity contribution >= 4 is 29.9 Å². The number of hydrogen-bond donors (Lipinski definition) is 2. The highest BCUT2D eigenvalue weighted by atomic mass is 127. The Morgan fingerprint density at radius 3 is 2.73 bits per heavy atom. The van der Waals surface area contributed by atoms with Gasteiger partial charge in [0.05, 0.1) is 13.7 Å². The first-order valence-corrected chi connectivity index (χ1v) is 9.37. The average Bonchev–Trinajstić information content (AvgIpc) is 3.26. The predicted molar refractivity (Wildman–Crippen MR) is 126 cm³/mol. The molecule has 0 bridgehead atoms. The molecule has 7 nitrogen and oxygen atoms in total. The van der Waals surface area contributed by atoms with E-state index in [-0.39, 0.29) is 35.5 Å². The SMILES string of the molecule is CCNC(=NCc1cccc(-c2ncn[nH]2)c1)N(C)Cc1ccc(OC)c(F)c1.I. The molecule has 0 spiro atoms. The molecule has 1 heterocycles. The van der Waals surface area contributed by atoms with Crippen molar-refractivity contribution in [1.82, 2.24) is 25.4 Å². The normalized spacial score (nSPS) is 11.0. The van der Waals surface area contributed by atoms with Crippen LogP contribution in [0.15, 0.2) is 53.8 Å². The lowest BCUT2D eigenvalue weighted by Crippen LogP contribution is -2.38. The van der Waals surface area contributed by atoms with Crippen LogP contribution in [0, 0.1) is 5.82 Å². The van der Waals surface area contributed by atoms with Crippen LogP contribution in [0.2, 0.25) is 0 Å². The van der Waals surface area contributed by atoms with Gasteiger partial charge in [0.2, 0.25) is 0 Å². The summed E-state index contributed by atoms with van der Waals surface area (Å²) >= 11 is 0. The van der Waals surface area contributed by atoms with Gasteiger partial charge >= 0.3 is 0 Å². The Hall–Kier alpha value is -2.69. The molecular formula is C21H26FIN6O. The molecule has 0 fully saturated rings. The molecule has 30 heavy (non-hydrogen) atoms. The van der Waals surface area contributed by atoms with Crippen LogP contribution in [0.25, 0.3) is 11.4 Å². The van der Waals surface area contributed by atoms with Crippen molar-refractivity contribution in [2.75, 3.05) is 20.7 Å². The van der Waals surface area contributed by atoms with E-state index >= 15 is 0 Å². The third-order valence-electron chi connectivity index (χ3n) is 4.36. The quantitative estimate of drug-likeness (QED) is 0.279. The first-order valence-electron chi connectivity index (χ1n) is 9.37. The van der Waals surface area contributed by atoms with Crippen LogP contribution in [0.1, 0.15) is 18.1 Å². The fourth-order valence-electron chi connectivity index (χ4n) is 2.95. The largest absolute Gasteiger partial charge is 0.494 e. The molecule has 0 unspecified atom stereocenters. The Balaban J connectivity index is 0.00000320. The van der Waals surface area contributed by atoms with Crippen molar-refractivity contribution in [3.05, 3.63) is 65.7 Å². The zero-order valence-electron chi connectivity index (χ0n) is 17.2. The summed E-state index contributed by atoms with van der Waals surface area (Å²) in [5, 5.41) is 10.0. The number of benzene rings is 2. The van der Waals surface area contributed by atoms with Crippen LogP contribution in [0.3, 0.4) is 0 Å². The third-order valence-corrected chi connectivity index (χ3v) is 4.36. The first-order chi connectivity index (χ1) is 14.1. The van der Waals surface area contributed by atoms with Gasteiger partial charge in [-0.15, -0.1) is 24.0 Å². The van der Waals surface area contributed by atoms with Crippen LogP contribution in [0.4, 0.5) is 4.39 Å². The van der Waals surface area contributed by atoms with Crippen molar-refractivity contribution < 1.29 is 9.13 Å². The Morgan fingerprint density at radius 1 is 1.23 bits per heavy atom. The minimum atomic E-state index is -0.371. The summed E-state index contributed by atoms with van der Waals surface area (Å²) in [6.07, 6.45) is 1.49. The zero-order chi connectivity index (χ0) is 20.6. The van der Waals surface area contributed by atoms with E-state index in [9.17, 15) is 4.39 Å². The second-order valence-electron chi connectivity index (χ2n) is 6.53. The van der Waals surface area contributed by atoms with Crippen LogP contribution in [-0.4, -0.2) is 46.7 Å². The van der Waals surface area contributed by atoms with Crippen molar-refractivity contribution in [2.24, 2.45) is 4.99 Å². The molecule has 0 saturated carbocycles. The van der Waals surface area contributed by atoms with Gasteiger partial charge in [-0.2, -0.15) is 5.10 Å². The topological polar surface area (TPSA) is 78.4 Å². The number of hydrogen-bond acceptors (Lipinski definition) is 4. The van der Waals surface area contributed by atoms with Gasteiger partial charge in [-0.25, -0.2) is 14.4 Å². The summed E-state index contributed by atoms with van der Waals surface area (Å²) in [5.41, 5.74) is 2.85. The van der Waals surface area contributed by atoms with Gasteiger partial charge < -0.3 is 15.0 Å². The van der Waals surface area contributed by atoms with E-state index < -0.39 is 0 Å². The second kappa shape index (κ2) is 11.5. The van der Waals surface area contributed by atoms with Crippen LogP contribution >= 0.6 is 24.0 Å². The molecular weight excluding hydrogens is 498 g/mol. The van der Waals surface area contributed by atoms with Gasteiger partial charge in [0, 0.05) is 25.7 Å². The monoisotopic (exact) mass is 524 g/mol. The van der Waals surface area contributed by atoms with Gasteiger partial charge in [-0.1, -0.05) is 24.3 Å². The maximum Gasteiger partial charge on any atom is 0.194 e. The maximum absolute atomic E-state index is 14.0. The number of guanidine groups is 1. The van der Waals surface area contributed by atoms with Crippen molar-refractivity contribution in [3.8, 4) is 17.1 Å². The van der Waals surface area contributed by atoms with Crippen molar-refractivity contribution in [3.63, 3.8) is 0 Å². The highest BCUT2D eigenvalue weighted by Crippen LogP contribution is 2.19. The number of aromatic nitrogens is 3. The molecule has 0 amide bonds. The summed E-state index contributed by atoms with van der Waals surface area (Å²) in [5.74, 6) is 1.34. The molecule has 160 valence electrons. The maximum atomic E-state index is 14.0. The second-order valence-corrected chi connectivity index (χ2v) is 6.53. The van der Waals surface area contributed by atoms with Crippen LogP contribution < -0.4 is 10.1 Å². The van der Waals surface area contributed by atoms with E-state index in [0.29, 0.717) is 13.1 Å². The smallest absolute Gasteiger partial charge is 0.194 e. The Labute approximate surface area is 192 Å². The number of aromatic amines is 1. The summed E-state index contributed by atoms with van der Waals surface area (Å²) in [4.78, 5) is 10.9. The molecule has 2 aromatic carbocycles. The molecule has 0 aliphatic heterocycles. The fourth-order valence-corrected chi connectivity index (χ4v) is 2.95. The summed E-state index contributed by atoms with van der Waals surface area (Å²) in [6.45, 7) is 3.77. The molecule has 0 aliphatic carbocycles. The van der Waals surface area contributed by atoms with E-state index in [1.165, 1.54) is 19.5 Å². The summed E-state index contributed by atoms with van der Waals surface area (Å²) in [7, 11) is 3.38. The molecule has 0 saturated heterocycles. The van der Waals surface area contributed by atoms with E-state index in [1.807, 2.05) is 49.2 Å². The Bertz CT molecular complexity index is 964. The molecule has 3 rings (SSSR count). The van der Waals surface area contributed by atoms with Gasteiger partial charge in [-0.3, -0.25) is 5.10 Å². The van der Waals surface area contributed by atoms with Crippen LogP contribution in [0.5, 0.6) is 5.75 Å². The van der Waals surface area contributed by atoms with E-state index in [1.54, 1.807) is 6.07 Å². The number of methoxy groups -OCH3 is 1. The molecule has 0 atom stereocenters. The molecule has 2 N–H and O–H groups in total. The average molecular weight is 524 g/mol. The minimum absolute atomic E-state index is 0. The lowest BCUT2D eigenvalue weighted by molar-refractivity contribution is 0.385. The molecule has 9 heteroatoms. The lowest BCUT2D eigenvalue weighted by Gasteiger charge is -2.22. The summed E-state index contributed by atoms with van der Waals surface area (Å²) < 4.78 is 19.0. The van der Waals surface area contributed by atoms with Crippen molar-refractivity contribution in [1.29, 1.82) is 0 Å². The molecule has 0 aliphatic rings. The van der Waals surface area contributed by atoms with E-state index in [0.717, 1.165) is 35.0 Å². The van der Waals surface area contributed by atoms with E-state index in [4.69, 9.17) is 9.73 Å². The Kier molecular flexibility index (Phi) is 9.03. The van der Waals surface area contributed by atoms with Crippen molar-refractivity contribution in [2.45, 2.75) is 20.0 Å². The number of nitrogens with zero attached hydrogens (tertiary/aromatic N) is 4. The number of halogens is 2. The van der Waals surface area contributed by atoms with Crippen LogP contribution in [-0.2, 0) is 13.1 Å². The number of ether oxygens (including phenoxy) is 1. The zero-order valence-corrected chi connectivity index (χ0v) is 19.6. The highest BCUT2D eigenvalue weighted by molar-refractivity contribution is 14.0. The fraction of sp³-hybridized carbons (Fsp3) is 0.286. The molecule has 3 aromatic rings. The van der Waals surface area contributed by atoms with Gasteiger partial charge in [0.25, 0.3) is 0 Å². The molecule has 0 radical (unpaired) electrons.